The number of hydrogen-bond acceptors (Lipinski definition) is 2. The van der Waals surface area contributed by atoms with Crippen LogP contribution in [0.4, 0.5) is 4.39 Å². The summed E-state index contributed by atoms with van der Waals surface area (Å²) >= 11 is 0. The Morgan fingerprint density at radius 1 is 1.36 bits per heavy atom. The third-order valence-electron chi connectivity index (χ3n) is 2.73. The van der Waals surface area contributed by atoms with E-state index in [0.717, 1.165) is 17.7 Å². The van der Waals surface area contributed by atoms with Gasteiger partial charge in [-0.15, -0.1) is 0 Å². The molecule has 2 rings (SSSR count). The highest BCUT2D eigenvalue weighted by Crippen LogP contribution is 2.27. The number of hydrogen-bond donors (Lipinski definition) is 2. The SMILES string of the molecule is CC1CNCC(O)c2cc(F)ccc21. The maximum absolute atomic E-state index is 13.0. The highest BCUT2D eigenvalue weighted by atomic mass is 19.1. The number of fused-ring (bicyclic) bond motifs is 1. The molecule has 1 aliphatic heterocycles. The Bertz CT molecular complexity index is 340. The molecule has 1 aliphatic rings. The summed E-state index contributed by atoms with van der Waals surface area (Å²) in [6.45, 7) is 3.40. The molecule has 0 fully saturated rings. The zero-order valence-electron chi connectivity index (χ0n) is 8.13. The van der Waals surface area contributed by atoms with E-state index in [-0.39, 0.29) is 5.82 Å². The molecule has 0 radical (unpaired) electrons. The summed E-state index contributed by atoms with van der Waals surface area (Å²) in [6, 6.07) is 4.66. The molecule has 0 saturated carbocycles. The molecule has 1 aromatic rings. The van der Waals surface area contributed by atoms with Gasteiger partial charge < -0.3 is 10.4 Å². The van der Waals surface area contributed by atoms with Gasteiger partial charge in [0.2, 0.25) is 0 Å². The first-order valence-corrected chi connectivity index (χ1v) is 4.86. The maximum atomic E-state index is 13.0. The summed E-state index contributed by atoms with van der Waals surface area (Å²) in [5.74, 6) is 0.0413. The molecule has 2 nitrogen and oxygen atoms in total. The average molecular weight is 195 g/mol. The fraction of sp³-hybridized carbons (Fsp3) is 0.455. The van der Waals surface area contributed by atoms with E-state index < -0.39 is 6.10 Å². The van der Waals surface area contributed by atoms with Gasteiger partial charge >= 0.3 is 0 Å². The third-order valence-corrected chi connectivity index (χ3v) is 2.73. The van der Waals surface area contributed by atoms with E-state index >= 15 is 0 Å². The van der Waals surface area contributed by atoms with Crippen molar-refractivity contribution in [2.24, 2.45) is 0 Å². The Morgan fingerprint density at radius 2 is 2.14 bits per heavy atom. The number of aliphatic hydroxyl groups excluding tert-OH is 1. The first-order valence-electron chi connectivity index (χ1n) is 4.86. The van der Waals surface area contributed by atoms with Gasteiger partial charge in [-0.25, -0.2) is 4.39 Å². The van der Waals surface area contributed by atoms with Crippen molar-refractivity contribution in [1.82, 2.24) is 5.32 Å². The van der Waals surface area contributed by atoms with Gasteiger partial charge in [0.1, 0.15) is 5.82 Å². The number of halogens is 1. The third kappa shape index (κ3) is 1.65. The molecule has 2 atom stereocenters. The standard InChI is InChI=1S/C11H14FNO/c1-7-5-13-6-11(14)10-4-8(12)2-3-9(7)10/h2-4,7,11,13-14H,5-6H2,1H3. The molecule has 14 heavy (non-hydrogen) atoms. The summed E-state index contributed by atoms with van der Waals surface area (Å²) in [5.41, 5.74) is 1.77. The molecule has 2 unspecified atom stereocenters. The van der Waals surface area contributed by atoms with Crippen molar-refractivity contribution in [1.29, 1.82) is 0 Å². The summed E-state index contributed by atoms with van der Waals surface area (Å²) < 4.78 is 13.0. The second-order valence-electron chi connectivity index (χ2n) is 3.85. The normalized spacial score (nSPS) is 26.8. The van der Waals surface area contributed by atoms with E-state index in [2.05, 4.69) is 12.2 Å². The Kier molecular flexibility index (Phi) is 2.52. The first kappa shape index (κ1) is 9.62. The predicted octanol–water partition coefficient (Wildman–Crippen LogP) is 1.57. The minimum atomic E-state index is -0.592. The number of benzene rings is 1. The van der Waals surface area contributed by atoms with E-state index in [1.807, 2.05) is 0 Å². The van der Waals surface area contributed by atoms with E-state index in [4.69, 9.17) is 0 Å². The lowest BCUT2D eigenvalue weighted by atomic mass is 9.94. The summed E-state index contributed by atoms with van der Waals surface area (Å²) in [7, 11) is 0. The zero-order chi connectivity index (χ0) is 10.1. The molecular weight excluding hydrogens is 181 g/mol. The van der Waals surface area contributed by atoms with Gasteiger partial charge in [0.15, 0.2) is 0 Å². The fourth-order valence-corrected chi connectivity index (χ4v) is 1.94. The molecule has 76 valence electrons. The molecule has 1 heterocycles. The minimum Gasteiger partial charge on any atom is -0.387 e. The van der Waals surface area contributed by atoms with Gasteiger partial charge in [-0.1, -0.05) is 13.0 Å². The first-order chi connectivity index (χ1) is 6.68. The van der Waals surface area contributed by atoms with Crippen LogP contribution in [0.2, 0.25) is 0 Å². The quantitative estimate of drug-likeness (QED) is 0.658. The van der Waals surface area contributed by atoms with E-state index in [1.54, 1.807) is 6.07 Å². The van der Waals surface area contributed by atoms with Gasteiger partial charge in [-0.2, -0.15) is 0 Å². The predicted molar refractivity (Wildman–Crippen MR) is 52.6 cm³/mol. The van der Waals surface area contributed by atoms with Crippen LogP contribution < -0.4 is 5.32 Å². The van der Waals surface area contributed by atoms with Crippen molar-refractivity contribution < 1.29 is 9.50 Å². The van der Waals surface area contributed by atoms with Crippen molar-refractivity contribution in [2.45, 2.75) is 18.9 Å². The zero-order valence-corrected chi connectivity index (χ0v) is 8.13. The molecule has 0 amide bonds. The Morgan fingerprint density at radius 3 is 2.93 bits per heavy atom. The van der Waals surface area contributed by atoms with Crippen LogP contribution in [-0.2, 0) is 0 Å². The topological polar surface area (TPSA) is 32.3 Å². The molecule has 3 heteroatoms. The van der Waals surface area contributed by atoms with E-state index in [0.29, 0.717) is 12.5 Å². The van der Waals surface area contributed by atoms with Crippen LogP contribution >= 0.6 is 0 Å². The second kappa shape index (κ2) is 3.67. The van der Waals surface area contributed by atoms with Crippen molar-refractivity contribution in [3.63, 3.8) is 0 Å². The summed E-state index contributed by atoms with van der Waals surface area (Å²) in [6.07, 6.45) is -0.592. The van der Waals surface area contributed by atoms with Crippen molar-refractivity contribution in [3.8, 4) is 0 Å². The average Bonchev–Trinajstić information content (AvgIpc) is 2.28. The minimum absolute atomic E-state index is 0.281. The summed E-state index contributed by atoms with van der Waals surface area (Å²) in [5, 5.41) is 12.9. The lowest BCUT2D eigenvalue weighted by molar-refractivity contribution is 0.177. The Labute approximate surface area is 82.8 Å². The van der Waals surface area contributed by atoms with Crippen LogP contribution in [0.25, 0.3) is 0 Å². The van der Waals surface area contributed by atoms with Crippen LogP contribution in [-0.4, -0.2) is 18.2 Å². The molecule has 0 aromatic heterocycles. The lowest BCUT2D eigenvalue weighted by Gasteiger charge is -2.13. The van der Waals surface area contributed by atoms with Crippen LogP contribution in [0.1, 0.15) is 30.1 Å². The van der Waals surface area contributed by atoms with Crippen LogP contribution in [0.3, 0.4) is 0 Å². The van der Waals surface area contributed by atoms with Crippen molar-refractivity contribution in [2.75, 3.05) is 13.1 Å². The summed E-state index contributed by atoms with van der Waals surface area (Å²) in [4.78, 5) is 0. The van der Waals surface area contributed by atoms with E-state index in [1.165, 1.54) is 12.1 Å². The highest BCUT2D eigenvalue weighted by Gasteiger charge is 2.20. The lowest BCUT2D eigenvalue weighted by Crippen LogP contribution is -2.21. The monoisotopic (exact) mass is 195 g/mol. The van der Waals surface area contributed by atoms with Gasteiger partial charge in [-0.05, 0) is 29.2 Å². The smallest absolute Gasteiger partial charge is 0.123 e. The van der Waals surface area contributed by atoms with Crippen LogP contribution in [0.5, 0.6) is 0 Å². The molecule has 2 N–H and O–H groups in total. The number of aliphatic hydroxyl groups is 1. The molecule has 0 saturated heterocycles. The molecule has 0 aliphatic carbocycles. The molecule has 0 spiro atoms. The van der Waals surface area contributed by atoms with Gasteiger partial charge in [0.25, 0.3) is 0 Å². The van der Waals surface area contributed by atoms with E-state index in [9.17, 15) is 9.50 Å². The highest BCUT2D eigenvalue weighted by molar-refractivity contribution is 5.34. The molecule has 0 bridgehead atoms. The van der Waals surface area contributed by atoms with Crippen molar-refractivity contribution in [3.05, 3.63) is 35.1 Å². The number of nitrogens with one attached hydrogen (secondary N) is 1. The Balaban J connectivity index is 2.48. The fourth-order valence-electron chi connectivity index (χ4n) is 1.94. The largest absolute Gasteiger partial charge is 0.387 e. The van der Waals surface area contributed by atoms with Crippen LogP contribution in [0, 0.1) is 5.82 Å². The molecule has 1 aromatic carbocycles. The number of β-amino-alcohol motifs (C(OH)–C–C–N with tert-alkyl or cyclic N) is 1. The van der Waals surface area contributed by atoms with Gasteiger partial charge in [-0.3, -0.25) is 0 Å². The van der Waals surface area contributed by atoms with Gasteiger partial charge in [0.05, 0.1) is 6.10 Å². The van der Waals surface area contributed by atoms with Crippen LogP contribution in [0.15, 0.2) is 18.2 Å². The number of rotatable bonds is 0. The molecular formula is C11H14FNO. The maximum Gasteiger partial charge on any atom is 0.123 e. The van der Waals surface area contributed by atoms with Crippen molar-refractivity contribution >= 4 is 0 Å². The van der Waals surface area contributed by atoms with Gasteiger partial charge in [0, 0.05) is 13.1 Å². The Hall–Kier alpha value is -0.930. The second-order valence-corrected chi connectivity index (χ2v) is 3.85.